The highest BCUT2D eigenvalue weighted by Gasteiger charge is 2.24. The number of ether oxygens (including phenoxy) is 1. The molecule has 1 aromatic carbocycles. The van der Waals surface area contributed by atoms with Gasteiger partial charge in [-0.3, -0.25) is 4.68 Å². The molecule has 19 heavy (non-hydrogen) atoms. The van der Waals surface area contributed by atoms with Gasteiger partial charge in [0.2, 0.25) is 0 Å². The van der Waals surface area contributed by atoms with E-state index in [0.717, 1.165) is 35.4 Å². The number of hydrogen-bond acceptors (Lipinski definition) is 3. The van der Waals surface area contributed by atoms with Crippen molar-refractivity contribution in [1.29, 1.82) is 0 Å². The average molecular weight is 257 g/mol. The molecule has 100 valence electrons. The van der Waals surface area contributed by atoms with Gasteiger partial charge in [0.15, 0.2) is 0 Å². The monoisotopic (exact) mass is 257 g/mol. The van der Waals surface area contributed by atoms with Crippen molar-refractivity contribution in [2.75, 3.05) is 0 Å². The SMILES string of the molecule is Cc1nn(C)cc1C(N)c1cccc(OC2CC2)c1. The molecule has 1 aliphatic rings. The Kier molecular flexibility index (Phi) is 3.03. The van der Waals surface area contributed by atoms with Gasteiger partial charge in [0.1, 0.15) is 5.75 Å². The lowest BCUT2D eigenvalue weighted by Gasteiger charge is -2.13. The third kappa shape index (κ3) is 2.63. The summed E-state index contributed by atoms with van der Waals surface area (Å²) in [6.45, 7) is 1.99. The Hall–Kier alpha value is -1.81. The van der Waals surface area contributed by atoms with Crippen LogP contribution in [-0.2, 0) is 7.05 Å². The fourth-order valence-corrected chi connectivity index (χ4v) is 2.26. The van der Waals surface area contributed by atoms with Gasteiger partial charge in [-0.2, -0.15) is 5.10 Å². The van der Waals surface area contributed by atoms with E-state index in [1.165, 1.54) is 0 Å². The predicted molar refractivity (Wildman–Crippen MR) is 74.1 cm³/mol. The van der Waals surface area contributed by atoms with E-state index in [9.17, 15) is 0 Å². The Bertz CT molecular complexity index is 587. The van der Waals surface area contributed by atoms with Crippen molar-refractivity contribution in [2.24, 2.45) is 12.8 Å². The normalized spacial score (nSPS) is 16.4. The molecule has 0 aliphatic heterocycles. The van der Waals surface area contributed by atoms with Crippen LogP contribution in [0.3, 0.4) is 0 Å². The summed E-state index contributed by atoms with van der Waals surface area (Å²) in [5.41, 5.74) is 9.44. The molecule has 4 heteroatoms. The Balaban J connectivity index is 1.85. The van der Waals surface area contributed by atoms with Crippen LogP contribution in [0.15, 0.2) is 30.5 Å². The van der Waals surface area contributed by atoms with Crippen LogP contribution in [0.25, 0.3) is 0 Å². The third-order valence-corrected chi connectivity index (χ3v) is 3.43. The maximum atomic E-state index is 6.34. The fraction of sp³-hybridized carbons (Fsp3) is 0.400. The van der Waals surface area contributed by atoms with Gasteiger partial charge in [-0.25, -0.2) is 0 Å². The molecule has 2 aromatic rings. The lowest BCUT2D eigenvalue weighted by molar-refractivity contribution is 0.303. The Morgan fingerprint density at radius 2 is 2.21 bits per heavy atom. The maximum Gasteiger partial charge on any atom is 0.120 e. The van der Waals surface area contributed by atoms with Crippen molar-refractivity contribution >= 4 is 0 Å². The Morgan fingerprint density at radius 3 is 2.84 bits per heavy atom. The first kappa shape index (κ1) is 12.2. The summed E-state index contributed by atoms with van der Waals surface area (Å²) in [7, 11) is 1.91. The van der Waals surface area contributed by atoms with Gasteiger partial charge >= 0.3 is 0 Å². The van der Waals surface area contributed by atoms with Crippen molar-refractivity contribution in [3.63, 3.8) is 0 Å². The lowest BCUT2D eigenvalue weighted by Crippen LogP contribution is -2.12. The van der Waals surface area contributed by atoms with Gasteiger partial charge in [0.25, 0.3) is 0 Å². The summed E-state index contributed by atoms with van der Waals surface area (Å²) in [5.74, 6) is 0.914. The number of hydrogen-bond donors (Lipinski definition) is 1. The second-order valence-electron chi connectivity index (χ2n) is 5.21. The minimum Gasteiger partial charge on any atom is -0.490 e. The highest BCUT2D eigenvalue weighted by molar-refractivity contribution is 5.37. The molecule has 1 fully saturated rings. The quantitative estimate of drug-likeness (QED) is 0.914. The maximum absolute atomic E-state index is 6.34. The molecule has 1 unspecified atom stereocenters. The van der Waals surface area contributed by atoms with Crippen molar-refractivity contribution in [1.82, 2.24) is 9.78 Å². The summed E-state index contributed by atoms with van der Waals surface area (Å²) in [5, 5.41) is 4.34. The molecular formula is C15H19N3O. The number of benzene rings is 1. The fourth-order valence-electron chi connectivity index (χ4n) is 2.26. The number of rotatable bonds is 4. The summed E-state index contributed by atoms with van der Waals surface area (Å²) >= 11 is 0. The first-order valence-corrected chi connectivity index (χ1v) is 6.66. The van der Waals surface area contributed by atoms with E-state index in [1.807, 2.05) is 44.4 Å². The van der Waals surface area contributed by atoms with Gasteiger partial charge in [-0.15, -0.1) is 0 Å². The van der Waals surface area contributed by atoms with Crippen LogP contribution >= 0.6 is 0 Å². The molecule has 0 spiro atoms. The van der Waals surface area contributed by atoms with Gasteiger partial charge < -0.3 is 10.5 Å². The molecule has 4 nitrogen and oxygen atoms in total. The summed E-state index contributed by atoms with van der Waals surface area (Å²) in [6.07, 6.45) is 4.72. The molecule has 0 bridgehead atoms. The Labute approximate surface area is 113 Å². The molecule has 3 rings (SSSR count). The lowest BCUT2D eigenvalue weighted by atomic mass is 10.0. The van der Waals surface area contributed by atoms with Crippen LogP contribution in [0.2, 0.25) is 0 Å². The average Bonchev–Trinajstić information content (AvgIpc) is 3.13. The molecule has 0 saturated heterocycles. The van der Waals surface area contributed by atoms with Crippen molar-refractivity contribution in [3.8, 4) is 5.75 Å². The van der Waals surface area contributed by atoms with Gasteiger partial charge in [0.05, 0.1) is 17.8 Å². The van der Waals surface area contributed by atoms with Crippen LogP contribution in [0.4, 0.5) is 0 Å². The van der Waals surface area contributed by atoms with E-state index < -0.39 is 0 Å². The van der Waals surface area contributed by atoms with Crippen LogP contribution in [0, 0.1) is 6.92 Å². The number of nitrogens with two attached hydrogens (primary N) is 1. The molecule has 1 aliphatic carbocycles. The van der Waals surface area contributed by atoms with Crippen molar-refractivity contribution in [3.05, 3.63) is 47.3 Å². The second-order valence-corrected chi connectivity index (χ2v) is 5.21. The molecule has 2 N–H and O–H groups in total. The van der Waals surface area contributed by atoms with E-state index in [2.05, 4.69) is 5.10 Å². The predicted octanol–water partition coefficient (Wildman–Crippen LogP) is 2.32. The second kappa shape index (κ2) is 4.70. The van der Waals surface area contributed by atoms with E-state index in [0.29, 0.717) is 6.10 Å². The first-order chi connectivity index (χ1) is 9.13. The van der Waals surface area contributed by atoms with E-state index >= 15 is 0 Å². The molecule has 0 amide bonds. The summed E-state index contributed by atoms with van der Waals surface area (Å²) < 4.78 is 7.61. The third-order valence-electron chi connectivity index (χ3n) is 3.43. The molecule has 0 radical (unpaired) electrons. The Morgan fingerprint density at radius 1 is 1.42 bits per heavy atom. The minimum absolute atomic E-state index is 0.156. The zero-order valence-electron chi connectivity index (χ0n) is 11.3. The zero-order valence-corrected chi connectivity index (χ0v) is 11.3. The zero-order chi connectivity index (χ0) is 13.4. The van der Waals surface area contributed by atoms with Crippen LogP contribution in [0.5, 0.6) is 5.75 Å². The van der Waals surface area contributed by atoms with Crippen molar-refractivity contribution < 1.29 is 4.74 Å². The molecular weight excluding hydrogens is 238 g/mol. The molecule has 1 atom stereocenters. The number of nitrogens with zero attached hydrogens (tertiary/aromatic N) is 2. The van der Waals surface area contributed by atoms with E-state index in [1.54, 1.807) is 4.68 Å². The molecule has 1 aromatic heterocycles. The molecule has 1 saturated carbocycles. The number of aryl methyl sites for hydroxylation is 2. The van der Waals surface area contributed by atoms with Crippen LogP contribution in [-0.4, -0.2) is 15.9 Å². The van der Waals surface area contributed by atoms with Crippen LogP contribution in [0.1, 0.15) is 35.7 Å². The highest BCUT2D eigenvalue weighted by atomic mass is 16.5. The van der Waals surface area contributed by atoms with Crippen molar-refractivity contribution in [2.45, 2.75) is 31.9 Å². The minimum atomic E-state index is -0.156. The summed E-state index contributed by atoms with van der Waals surface area (Å²) in [4.78, 5) is 0. The highest BCUT2D eigenvalue weighted by Crippen LogP contribution is 2.29. The van der Waals surface area contributed by atoms with E-state index in [4.69, 9.17) is 10.5 Å². The number of aromatic nitrogens is 2. The van der Waals surface area contributed by atoms with Gasteiger partial charge in [-0.1, -0.05) is 12.1 Å². The first-order valence-electron chi connectivity index (χ1n) is 6.66. The van der Waals surface area contributed by atoms with Gasteiger partial charge in [0, 0.05) is 18.8 Å². The van der Waals surface area contributed by atoms with Crippen LogP contribution < -0.4 is 10.5 Å². The van der Waals surface area contributed by atoms with E-state index in [-0.39, 0.29) is 6.04 Å². The standard InChI is InChI=1S/C15H19N3O/c1-10-14(9-18(2)17-10)15(16)11-4-3-5-13(8-11)19-12-6-7-12/h3-5,8-9,12,15H,6-7,16H2,1-2H3. The largest absolute Gasteiger partial charge is 0.490 e. The summed E-state index contributed by atoms with van der Waals surface area (Å²) in [6, 6.07) is 7.91. The molecule has 1 heterocycles. The van der Waals surface area contributed by atoms with Gasteiger partial charge in [-0.05, 0) is 37.5 Å². The topological polar surface area (TPSA) is 53.1 Å². The smallest absolute Gasteiger partial charge is 0.120 e.